The summed E-state index contributed by atoms with van der Waals surface area (Å²) in [6, 6.07) is 6.63. The molecule has 0 radical (unpaired) electrons. The molecule has 1 aliphatic rings. The predicted molar refractivity (Wildman–Crippen MR) is 57.0 cm³/mol. The van der Waals surface area contributed by atoms with E-state index in [1.807, 2.05) is 0 Å². The summed E-state index contributed by atoms with van der Waals surface area (Å²) in [4.78, 5) is 0. The molecule has 0 atom stereocenters. The van der Waals surface area contributed by atoms with Crippen LogP contribution in [0.4, 0.5) is 5.69 Å². The molecule has 0 spiro atoms. The van der Waals surface area contributed by atoms with Crippen LogP contribution in [0, 0.1) is 0 Å². The molecule has 14 heavy (non-hydrogen) atoms. The van der Waals surface area contributed by atoms with E-state index in [1.54, 1.807) is 24.3 Å². The second kappa shape index (κ2) is 3.44. The first-order valence-electron chi connectivity index (χ1n) is 4.35. The Labute approximate surface area is 88.1 Å². The molecule has 1 aromatic carbocycles. The smallest absolute Gasteiger partial charge is 0.235 e. The zero-order valence-corrected chi connectivity index (χ0v) is 8.98. The lowest BCUT2D eigenvalue weighted by Crippen LogP contribution is -2.17. The maximum Gasteiger partial charge on any atom is 0.235 e. The molecular formula is C9H10ClNO2S. The summed E-state index contributed by atoms with van der Waals surface area (Å²) in [5.41, 5.74) is 0.571. The van der Waals surface area contributed by atoms with Crippen molar-refractivity contribution in [1.29, 1.82) is 0 Å². The van der Waals surface area contributed by atoms with Gasteiger partial charge in [0.05, 0.1) is 5.25 Å². The Hall–Kier alpha value is -0.740. The summed E-state index contributed by atoms with van der Waals surface area (Å²) in [6.45, 7) is 0. The Morgan fingerprint density at radius 2 is 1.79 bits per heavy atom. The SMILES string of the molecule is O=S(=O)(Nc1ccc(Cl)cc1)C1CC1. The Bertz CT molecular complexity index is 423. The molecule has 76 valence electrons. The van der Waals surface area contributed by atoms with Crippen LogP contribution >= 0.6 is 11.6 Å². The predicted octanol–water partition coefficient (Wildman–Crippen LogP) is 2.24. The third-order valence-electron chi connectivity index (χ3n) is 2.07. The minimum Gasteiger partial charge on any atom is -0.283 e. The molecule has 1 saturated carbocycles. The van der Waals surface area contributed by atoms with Crippen molar-refractivity contribution in [3.63, 3.8) is 0 Å². The Balaban J connectivity index is 2.14. The van der Waals surface area contributed by atoms with E-state index in [9.17, 15) is 8.42 Å². The summed E-state index contributed by atoms with van der Waals surface area (Å²) in [5, 5.41) is 0.401. The van der Waals surface area contributed by atoms with Crippen molar-refractivity contribution < 1.29 is 8.42 Å². The monoisotopic (exact) mass is 231 g/mol. The zero-order chi connectivity index (χ0) is 10.2. The molecule has 0 unspecified atom stereocenters. The van der Waals surface area contributed by atoms with Crippen LogP contribution in [-0.2, 0) is 10.0 Å². The standard InChI is InChI=1S/C9H10ClNO2S/c10-7-1-3-8(4-2-7)11-14(12,13)9-5-6-9/h1-4,9,11H,5-6H2. The number of benzene rings is 1. The Kier molecular flexibility index (Phi) is 2.41. The van der Waals surface area contributed by atoms with E-state index in [2.05, 4.69) is 4.72 Å². The fourth-order valence-electron chi connectivity index (χ4n) is 1.14. The molecule has 0 bridgehead atoms. The molecule has 0 aliphatic heterocycles. The molecule has 1 fully saturated rings. The lowest BCUT2D eigenvalue weighted by Gasteiger charge is -2.06. The molecule has 0 aromatic heterocycles. The van der Waals surface area contributed by atoms with Crippen LogP contribution in [0.1, 0.15) is 12.8 Å². The number of anilines is 1. The van der Waals surface area contributed by atoms with Crippen molar-refractivity contribution in [2.75, 3.05) is 4.72 Å². The number of hydrogen-bond acceptors (Lipinski definition) is 2. The second-order valence-corrected chi connectivity index (χ2v) is 5.75. The van der Waals surface area contributed by atoms with E-state index in [4.69, 9.17) is 11.6 Å². The van der Waals surface area contributed by atoms with Gasteiger partial charge in [0.15, 0.2) is 0 Å². The molecule has 0 heterocycles. The number of halogens is 1. The van der Waals surface area contributed by atoms with E-state index >= 15 is 0 Å². The van der Waals surface area contributed by atoms with Crippen molar-refractivity contribution in [2.24, 2.45) is 0 Å². The summed E-state index contributed by atoms with van der Waals surface area (Å²) < 4.78 is 25.5. The molecule has 0 amide bonds. The van der Waals surface area contributed by atoms with Crippen LogP contribution in [0.25, 0.3) is 0 Å². The highest BCUT2D eigenvalue weighted by molar-refractivity contribution is 7.93. The summed E-state index contributed by atoms with van der Waals surface area (Å²) >= 11 is 5.68. The first-order chi connectivity index (χ1) is 6.58. The van der Waals surface area contributed by atoms with Crippen molar-refractivity contribution in [2.45, 2.75) is 18.1 Å². The topological polar surface area (TPSA) is 46.2 Å². The van der Waals surface area contributed by atoms with E-state index in [0.717, 1.165) is 12.8 Å². The number of hydrogen-bond donors (Lipinski definition) is 1. The van der Waals surface area contributed by atoms with Gasteiger partial charge in [0, 0.05) is 10.7 Å². The first-order valence-corrected chi connectivity index (χ1v) is 6.27. The highest BCUT2D eigenvalue weighted by Crippen LogP contribution is 2.29. The molecular weight excluding hydrogens is 222 g/mol. The van der Waals surface area contributed by atoms with Crippen LogP contribution in [0.5, 0.6) is 0 Å². The van der Waals surface area contributed by atoms with Gasteiger partial charge >= 0.3 is 0 Å². The van der Waals surface area contributed by atoms with Gasteiger partial charge in [0.1, 0.15) is 0 Å². The van der Waals surface area contributed by atoms with Crippen LogP contribution in [-0.4, -0.2) is 13.7 Å². The fraction of sp³-hybridized carbons (Fsp3) is 0.333. The van der Waals surface area contributed by atoms with Gasteiger partial charge in [0.2, 0.25) is 10.0 Å². The summed E-state index contributed by atoms with van der Waals surface area (Å²) in [6.07, 6.45) is 1.53. The summed E-state index contributed by atoms with van der Waals surface area (Å²) in [5.74, 6) is 0. The molecule has 3 nitrogen and oxygen atoms in total. The van der Waals surface area contributed by atoms with E-state index in [1.165, 1.54) is 0 Å². The maximum atomic E-state index is 11.5. The quantitative estimate of drug-likeness (QED) is 0.867. The second-order valence-electron chi connectivity index (χ2n) is 3.35. The lowest BCUT2D eigenvalue weighted by molar-refractivity contribution is 0.600. The average Bonchev–Trinajstić information content (AvgIpc) is 2.91. The van der Waals surface area contributed by atoms with Gasteiger partial charge < -0.3 is 0 Å². The van der Waals surface area contributed by atoms with Crippen molar-refractivity contribution >= 4 is 27.3 Å². The molecule has 1 aliphatic carbocycles. The maximum absolute atomic E-state index is 11.5. The zero-order valence-electron chi connectivity index (χ0n) is 7.40. The molecule has 0 saturated heterocycles. The van der Waals surface area contributed by atoms with Crippen molar-refractivity contribution in [1.82, 2.24) is 0 Å². The Morgan fingerprint density at radius 1 is 1.21 bits per heavy atom. The molecule has 5 heteroatoms. The minimum absolute atomic E-state index is 0.196. The van der Waals surface area contributed by atoms with Crippen LogP contribution in [0.3, 0.4) is 0 Å². The Morgan fingerprint density at radius 3 is 2.29 bits per heavy atom. The highest BCUT2D eigenvalue weighted by Gasteiger charge is 2.35. The molecule has 2 rings (SSSR count). The number of rotatable bonds is 3. The van der Waals surface area contributed by atoms with Gasteiger partial charge in [-0.2, -0.15) is 0 Å². The number of sulfonamides is 1. The van der Waals surface area contributed by atoms with Crippen molar-refractivity contribution in [3.05, 3.63) is 29.3 Å². The van der Waals surface area contributed by atoms with Gasteiger partial charge in [-0.3, -0.25) is 4.72 Å². The van der Waals surface area contributed by atoms with Crippen LogP contribution in [0.2, 0.25) is 5.02 Å². The van der Waals surface area contributed by atoms with Gasteiger partial charge in [-0.05, 0) is 37.1 Å². The van der Waals surface area contributed by atoms with Crippen molar-refractivity contribution in [3.8, 4) is 0 Å². The van der Waals surface area contributed by atoms with E-state index < -0.39 is 10.0 Å². The minimum atomic E-state index is -3.15. The average molecular weight is 232 g/mol. The van der Waals surface area contributed by atoms with Crippen LogP contribution in [0.15, 0.2) is 24.3 Å². The first kappa shape index (κ1) is 9.80. The van der Waals surface area contributed by atoms with E-state index in [-0.39, 0.29) is 5.25 Å². The number of nitrogens with one attached hydrogen (secondary N) is 1. The third kappa shape index (κ3) is 2.19. The summed E-state index contributed by atoms with van der Waals surface area (Å²) in [7, 11) is -3.15. The van der Waals surface area contributed by atoms with Gasteiger partial charge in [-0.1, -0.05) is 11.6 Å². The molecule has 1 N–H and O–H groups in total. The van der Waals surface area contributed by atoms with Gasteiger partial charge in [0.25, 0.3) is 0 Å². The van der Waals surface area contributed by atoms with Gasteiger partial charge in [-0.15, -0.1) is 0 Å². The lowest BCUT2D eigenvalue weighted by atomic mass is 10.3. The van der Waals surface area contributed by atoms with Gasteiger partial charge in [-0.25, -0.2) is 8.42 Å². The highest BCUT2D eigenvalue weighted by atomic mass is 35.5. The third-order valence-corrected chi connectivity index (χ3v) is 4.19. The largest absolute Gasteiger partial charge is 0.283 e. The van der Waals surface area contributed by atoms with Crippen LogP contribution < -0.4 is 4.72 Å². The molecule has 1 aromatic rings. The van der Waals surface area contributed by atoms with E-state index in [0.29, 0.717) is 10.7 Å². The normalized spacial score (nSPS) is 16.6. The fourth-order valence-corrected chi connectivity index (χ4v) is 2.66.